The van der Waals surface area contributed by atoms with Gasteiger partial charge in [0.2, 0.25) is 5.88 Å². The minimum absolute atomic E-state index is 0.139. The number of rotatable bonds is 6. The summed E-state index contributed by atoms with van der Waals surface area (Å²) in [6.45, 7) is 9.14. The number of thiophene rings is 1. The highest BCUT2D eigenvalue weighted by molar-refractivity contribution is 7.10. The predicted molar refractivity (Wildman–Crippen MR) is 84.3 cm³/mol. The molecular formula is C16H22N2OS. The summed E-state index contributed by atoms with van der Waals surface area (Å²) in [6.07, 6.45) is 1.91. The third-order valence-corrected chi connectivity index (χ3v) is 4.29. The van der Waals surface area contributed by atoms with Gasteiger partial charge in [-0.25, -0.2) is 4.98 Å². The highest BCUT2D eigenvalue weighted by Crippen LogP contribution is 2.24. The number of pyridine rings is 1. The second-order valence-corrected chi connectivity index (χ2v) is 6.15. The van der Waals surface area contributed by atoms with Gasteiger partial charge in [-0.1, -0.05) is 6.07 Å². The van der Waals surface area contributed by atoms with Crippen LogP contribution in [0.2, 0.25) is 0 Å². The van der Waals surface area contributed by atoms with Gasteiger partial charge in [0, 0.05) is 29.2 Å². The molecule has 0 amide bonds. The van der Waals surface area contributed by atoms with Crippen LogP contribution < -0.4 is 10.1 Å². The number of nitrogens with zero attached hydrogens (tertiary/aromatic N) is 1. The first kappa shape index (κ1) is 15.0. The van der Waals surface area contributed by atoms with Gasteiger partial charge < -0.3 is 10.1 Å². The summed E-state index contributed by atoms with van der Waals surface area (Å²) >= 11 is 1.80. The van der Waals surface area contributed by atoms with Gasteiger partial charge in [-0.05, 0) is 50.8 Å². The molecule has 108 valence electrons. The van der Waals surface area contributed by atoms with Crippen LogP contribution in [-0.4, -0.2) is 11.1 Å². The third-order valence-electron chi connectivity index (χ3n) is 3.09. The van der Waals surface area contributed by atoms with E-state index in [0.717, 1.165) is 18.0 Å². The summed E-state index contributed by atoms with van der Waals surface area (Å²) in [7, 11) is 0. The highest BCUT2D eigenvalue weighted by atomic mass is 32.1. The molecule has 2 heterocycles. The molecule has 0 saturated carbocycles. The molecule has 1 atom stereocenters. The first-order valence-corrected chi connectivity index (χ1v) is 7.83. The maximum atomic E-state index is 5.74. The van der Waals surface area contributed by atoms with E-state index in [0.29, 0.717) is 6.04 Å². The Morgan fingerprint density at radius 3 is 2.75 bits per heavy atom. The smallest absolute Gasteiger partial charge is 0.218 e. The van der Waals surface area contributed by atoms with Crippen LogP contribution in [0.25, 0.3) is 0 Å². The first-order chi connectivity index (χ1) is 9.58. The summed E-state index contributed by atoms with van der Waals surface area (Å²) in [5.74, 6) is 0.727. The predicted octanol–water partition coefficient (Wildman–Crippen LogP) is 4.09. The van der Waals surface area contributed by atoms with Crippen molar-refractivity contribution in [2.75, 3.05) is 0 Å². The molecular weight excluding hydrogens is 268 g/mol. The molecule has 1 unspecified atom stereocenters. The van der Waals surface area contributed by atoms with Crippen LogP contribution >= 0.6 is 11.3 Å². The van der Waals surface area contributed by atoms with Crippen molar-refractivity contribution in [1.29, 1.82) is 0 Å². The number of aryl methyl sites for hydroxylation is 1. The standard InChI is InChI=1S/C16H22N2OS/c1-11(2)19-16-14(6-5-8-17-16)10-18-13(4)15-12(3)7-9-20-15/h5-9,11,13,18H,10H2,1-4H3. The Hall–Kier alpha value is -1.39. The molecule has 4 heteroatoms. The van der Waals surface area contributed by atoms with Crippen molar-refractivity contribution < 1.29 is 4.74 Å². The summed E-state index contributed by atoms with van der Waals surface area (Å²) in [6, 6.07) is 6.51. The zero-order valence-corrected chi connectivity index (χ0v) is 13.3. The van der Waals surface area contributed by atoms with Gasteiger partial charge in [0.15, 0.2) is 0 Å². The molecule has 2 aromatic heterocycles. The van der Waals surface area contributed by atoms with E-state index in [1.807, 2.05) is 19.9 Å². The van der Waals surface area contributed by atoms with Crippen molar-refractivity contribution in [3.63, 3.8) is 0 Å². The molecule has 0 spiro atoms. The van der Waals surface area contributed by atoms with E-state index >= 15 is 0 Å². The van der Waals surface area contributed by atoms with Crippen molar-refractivity contribution in [2.45, 2.75) is 46.4 Å². The minimum atomic E-state index is 0.139. The van der Waals surface area contributed by atoms with Crippen LogP contribution in [0.1, 0.15) is 42.8 Å². The van der Waals surface area contributed by atoms with Crippen molar-refractivity contribution >= 4 is 11.3 Å². The van der Waals surface area contributed by atoms with Crippen molar-refractivity contribution in [1.82, 2.24) is 10.3 Å². The maximum absolute atomic E-state index is 5.74. The zero-order valence-electron chi connectivity index (χ0n) is 12.5. The van der Waals surface area contributed by atoms with Gasteiger partial charge in [-0.3, -0.25) is 0 Å². The summed E-state index contributed by atoms with van der Waals surface area (Å²) in [5, 5.41) is 5.69. The normalized spacial score (nSPS) is 12.7. The van der Waals surface area contributed by atoms with Crippen LogP contribution in [0.5, 0.6) is 5.88 Å². The quantitative estimate of drug-likeness (QED) is 0.870. The molecule has 0 aromatic carbocycles. The fourth-order valence-electron chi connectivity index (χ4n) is 2.07. The van der Waals surface area contributed by atoms with Gasteiger partial charge >= 0.3 is 0 Å². The average molecular weight is 290 g/mol. The summed E-state index contributed by atoms with van der Waals surface area (Å²) < 4.78 is 5.74. The molecule has 2 aromatic rings. The fraction of sp³-hybridized carbons (Fsp3) is 0.438. The van der Waals surface area contributed by atoms with E-state index in [1.54, 1.807) is 17.5 Å². The van der Waals surface area contributed by atoms with Gasteiger partial charge in [0.1, 0.15) is 0 Å². The number of nitrogens with one attached hydrogen (secondary N) is 1. The third kappa shape index (κ3) is 3.81. The Morgan fingerprint density at radius 2 is 2.10 bits per heavy atom. The molecule has 0 saturated heterocycles. The zero-order chi connectivity index (χ0) is 14.5. The SMILES string of the molecule is Cc1ccsc1C(C)NCc1cccnc1OC(C)C. The first-order valence-electron chi connectivity index (χ1n) is 6.96. The fourth-order valence-corrected chi connectivity index (χ4v) is 3.03. The van der Waals surface area contributed by atoms with Gasteiger partial charge in [0.25, 0.3) is 0 Å². The van der Waals surface area contributed by atoms with Gasteiger partial charge in [-0.15, -0.1) is 11.3 Å². The number of aromatic nitrogens is 1. The molecule has 3 nitrogen and oxygen atoms in total. The van der Waals surface area contributed by atoms with Crippen molar-refractivity contribution in [3.05, 3.63) is 45.8 Å². The molecule has 1 N–H and O–H groups in total. The lowest BCUT2D eigenvalue weighted by Gasteiger charge is -2.16. The molecule has 2 rings (SSSR count). The molecule has 20 heavy (non-hydrogen) atoms. The Balaban J connectivity index is 2.02. The lowest BCUT2D eigenvalue weighted by Crippen LogP contribution is -2.19. The lowest BCUT2D eigenvalue weighted by molar-refractivity contribution is 0.229. The molecule has 0 bridgehead atoms. The van der Waals surface area contributed by atoms with Crippen molar-refractivity contribution in [2.24, 2.45) is 0 Å². The van der Waals surface area contributed by atoms with Crippen LogP contribution in [0.15, 0.2) is 29.8 Å². The average Bonchev–Trinajstić information content (AvgIpc) is 2.83. The monoisotopic (exact) mass is 290 g/mol. The second-order valence-electron chi connectivity index (χ2n) is 5.20. The molecule has 0 radical (unpaired) electrons. The number of ether oxygens (including phenoxy) is 1. The summed E-state index contributed by atoms with van der Waals surface area (Å²) in [4.78, 5) is 5.71. The van der Waals surface area contributed by atoms with E-state index in [9.17, 15) is 0 Å². The molecule has 0 aliphatic carbocycles. The van der Waals surface area contributed by atoms with Crippen LogP contribution in [0, 0.1) is 6.92 Å². The van der Waals surface area contributed by atoms with Crippen LogP contribution in [-0.2, 0) is 6.54 Å². The largest absolute Gasteiger partial charge is 0.475 e. The maximum Gasteiger partial charge on any atom is 0.218 e. The van der Waals surface area contributed by atoms with E-state index in [4.69, 9.17) is 4.74 Å². The Labute approximate surface area is 125 Å². The van der Waals surface area contributed by atoms with E-state index < -0.39 is 0 Å². The highest BCUT2D eigenvalue weighted by Gasteiger charge is 2.11. The molecule has 0 aliphatic heterocycles. The Bertz CT molecular complexity index is 551. The van der Waals surface area contributed by atoms with Gasteiger partial charge in [0.05, 0.1) is 6.10 Å². The second kappa shape index (κ2) is 6.86. The Kier molecular flexibility index (Phi) is 5.15. The van der Waals surface area contributed by atoms with Crippen LogP contribution in [0.4, 0.5) is 0 Å². The van der Waals surface area contributed by atoms with Crippen LogP contribution in [0.3, 0.4) is 0 Å². The number of hydrogen-bond donors (Lipinski definition) is 1. The molecule has 0 fully saturated rings. The van der Waals surface area contributed by atoms with E-state index in [2.05, 4.69) is 41.7 Å². The van der Waals surface area contributed by atoms with E-state index in [1.165, 1.54) is 10.4 Å². The van der Waals surface area contributed by atoms with E-state index in [-0.39, 0.29) is 6.10 Å². The topological polar surface area (TPSA) is 34.2 Å². The lowest BCUT2D eigenvalue weighted by atomic mass is 10.2. The van der Waals surface area contributed by atoms with Crippen molar-refractivity contribution in [3.8, 4) is 5.88 Å². The Morgan fingerprint density at radius 1 is 1.30 bits per heavy atom. The minimum Gasteiger partial charge on any atom is -0.475 e. The number of hydrogen-bond acceptors (Lipinski definition) is 4. The molecule has 0 aliphatic rings. The van der Waals surface area contributed by atoms with Gasteiger partial charge in [-0.2, -0.15) is 0 Å². The summed E-state index contributed by atoms with van der Waals surface area (Å²) in [5.41, 5.74) is 2.45.